The molecule has 1 aromatic carbocycles. The minimum atomic E-state index is -4.75. The number of alkyl halides is 6. The van der Waals surface area contributed by atoms with Crippen LogP contribution in [-0.4, -0.2) is 17.7 Å². The average molecular weight is 259 g/mol. The van der Waals surface area contributed by atoms with Crippen LogP contribution in [-0.2, 0) is 12.4 Å². The van der Waals surface area contributed by atoms with Crippen molar-refractivity contribution in [3.8, 4) is 0 Å². The van der Waals surface area contributed by atoms with Crippen LogP contribution in [0.1, 0.15) is 11.1 Å². The summed E-state index contributed by atoms with van der Waals surface area (Å²) in [5, 5.41) is 14.0. The average Bonchev–Trinajstić information content (AvgIpc) is 2.16. The van der Waals surface area contributed by atoms with E-state index in [2.05, 4.69) is 0 Å². The summed E-state index contributed by atoms with van der Waals surface area (Å²) in [5.41, 5.74) is -2.60. The molecule has 0 spiro atoms. The molecule has 0 aliphatic heterocycles. The highest BCUT2D eigenvalue weighted by Gasteiger charge is 2.35. The molecule has 95 valence electrons. The van der Waals surface area contributed by atoms with Gasteiger partial charge in [0, 0.05) is 0 Å². The maximum Gasteiger partial charge on any atom is 0.482 e. The van der Waals surface area contributed by atoms with Crippen LogP contribution >= 0.6 is 0 Å². The topological polar surface area (TPSA) is 40.5 Å². The molecule has 0 amide bonds. The Hall–Kier alpha value is -1.22. The Labute approximate surface area is 92.8 Å². The minimum absolute atomic E-state index is 0. The highest BCUT2D eigenvalue weighted by molar-refractivity contribution is 6.13. The lowest BCUT2D eigenvalue weighted by atomic mass is 10.1. The Bertz CT molecular complexity index is 319. The first-order valence-corrected chi connectivity index (χ1v) is 3.97. The third-order valence-corrected chi connectivity index (χ3v) is 1.52. The highest BCUT2D eigenvalue weighted by atomic mass is 19.4. The summed E-state index contributed by atoms with van der Waals surface area (Å²) in [7, 11) is 0. The van der Waals surface area contributed by atoms with Crippen molar-refractivity contribution in [3.05, 3.63) is 35.4 Å². The second kappa shape index (κ2) is 5.92. The third-order valence-electron chi connectivity index (χ3n) is 1.52. The van der Waals surface area contributed by atoms with Crippen molar-refractivity contribution in [1.29, 1.82) is 0 Å². The predicted octanol–water partition coefficient (Wildman–Crippen LogP) is 2.23. The molecule has 1 aromatic rings. The number of benzene rings is 1. The largest absolute Gasteiger partial charge is 0.482 e. The summed E-state index contributed by atoms with van der Waals surface area (Å²) < 4.78 is 71.9. The van der Waals surface area contributed by atoms with Crippen LogP contribution in [0.2, 0.25) is 0 Å². The quantitative estimate of drug-likeness (QED) is 0.554. The molecule has 2 N–H and O–H groups in total. The van der Waals surface area contributed by atoms with Crippen LogP contribution in [0, 0.1) is 0 Å². The Morgan fingerprint density at radius 2 is 1.12 bits per heavy atom. The van der Waals surface area contributed by atoms with Crippen LogP contribution in [0.25, 0.3) is 0 Å². The van der Waals surface area contributed by atoms with Crippen molar-refractivity contribution in [2.24, 2.45) is 0 Å². The first-order chi connectivity index (χ1) is 7.62. The fraction of sp³-hybridized carbons (Fsp3) is 0.250. The van der Waals surface area contributed by atoms with Crippen molar-refractivity contribution in [2.75, 3.05) is 0 Å². The lowest BCUT2D eigenvalue weighted by molar-refractivity contribution is -0.143. The highest BCUT2D eigenvalue weighted by Crippen LogP contribution is 2.34. The Morgan fingerprint density at radius 1 is 0.824 bits per heavy atom. The molecule has 0 aromatic heterocycles. The zero-order chi connectivity index (χ0) is 13.7. The molecule has 0 bridgehead atoms. The van der Waals surface area contributed by atoms with Crippen molar-refractivity contribution < 1.29 is 36.4 Å². The van der Waals surface area contributed by atoms with Gasteiger partial charge in [-0.05, 0) is 18.2 Å². The third kappa shape index (κ3) is 5.59. The van der Waals surface area contributed by atoms with Crippen molar-refractivity contribution in [2.45, 2.75) is 12.4 Å². The summed E-state index contributed by atoms with van der Waals surface area (Å²) >= 11 is 0. The minimum Gasteiger partial charge on any atom is -0.429 e. The smallest absolute Gasteiger partial charge is 0.429 e. The fourth-order valence-corrected chi connectivity index (χ4v) is 0.872. The van der Waals surface area contributed by atoms with E-state index in [0.29, 0.717) is 12.1 Å². The molecule has 1 radical (unpaired) electrons. The van der Waals surface area contributed by atoms with Crippen LogP contribution in [0.5, 0.6) is 0 Å². The first kappa shape index (κ1) is 15.8. The first-order valence-electron chi connectivity index (χ1n) is 3.97. The van der Waals surface area contributed by atoms with E-state index in [0.717, 1.165) is 6.07 Å². The molecule has 0 aliphatic rings. The van der Waals surface area contributed by atoms with E-state index in [9.17, 15) is 26.3 Å². The monoisotopic (exact) mass is 259 g/mol. The van der Waals surface area contributed by atoms with Crippen LogP contribution < -0.4 is 0 Å². The number of rotatable bonds is 0. The van der Waals surface area contributed by atoms with Gasteiger partial charge in [-0.2, -0.15) is 26.3 Å². The Kier molecular flexibility index (Phi) is 5.50. The normalized spacial score (nSPS) is 11.5. The van der Waals surface area contributed by atoms with Gasteiger partial charge in [0.25, 0.3) is 0 Å². The van der Waals surface area contributed by atoms with Crippen LogP contribution in [0.15, 0.2) is 24.3 Å². The standard InChI is InChI=1S/C8H4F6.BH2O2/c9-7(10,11)5-2-1-3-6(4-5)8(12,13)14;2-1-3/h1-4H;2-3H. The zero-order valence-corrected chi connectivity index (χ0v) is 8.05. The molecule has 0 saturated carbocycles. The second-order valence-corrected chi connectivity index (χ2v) is 2.69. The summed E-state index contributed by atoms with van der Waals surface area (Å²) in [6.07, 6.45) is -9.50. The van der Waals surface area contributed by atoms with Gasteiger partial charge in [0.1, 0.15) is 0 Å². The van der Waals surface area contributed by atoms with Crippen molar-refractivity contribution >= 4 is 7.69 Å². The van der Waals surface area contributed by atoms with E-state index in [1.54, 1.807) is 0 Å². The van der Waals surface area contributed by atoms with Crippen molar-refractivity contribution in [1.82, 2.24) is 0 Å². The van der Waals surface area contributed by atoms with E-state index >= 15 is 0 Å². The van der Waals surface area contributed by atoms with E-state index in [1.807, 2.05) is 0 Å². The molecular weight excluding hydrogens is 253 g/mol. The van der Waals surface area contributed by atoms with Gasteiger partial charge in [-0.3, -0.25) is 0 Å². The lowest BCUT2D eigenvalue weighted by Crippen LogP contribution is -2.09. The molecule has 17 heavy (non-hydrogen) atoms. The lowest BCUT2D eigenvalue weighted by Gasteiger charge is -2.10. The van der Waals surface area contributed by atoms with Gasteiger partial charge >= 0.3 is 20.0 Å². The van der Waals surface area contributed by atoms with Gasteiger partial charge in [-0.1, -0.05) is 6.07 Å². The van der Waals surface area contributed by atoms with Gasteiger partial charge in [0.2, 0.25) is 0 Å². The van der Waals surface area contributed by atoms with Crippen LogP contribution in [0.3, 0.4) is 0 Å². The van der Waals surface area contributed by atoms with Gasteiger partial charge in [0.05, 0.1) is 11.1 Å². The van der Waals surface area contributed by atoms with Gasteiger partial charge in [-0.25, -0.2) is 0 Å². The Balaban J connectivity index is 0.000000770. The van der Waals surface area contributed by atoms with Gasteiger partial charge in [-0.15, -0.1) is 0 Å². The Morgan fingerprint density at radius 3 is 1.35 bits per heavy atom. The molecule has 2 nitrogen and oxygen atoms in total. The summed E-state index contributed by atoms with van der Waals surface area (Å²) in [4.78, 5) is 0. The fourth-order valence-electron chi connectivity index (χ4n) is 0.872. The molecule has 0 atom stereocenters. The molecule has 9 heteroatoms. The number of hydrogen-bond acceptors (Lipinski definition) is 2. The molecule has 0 fully saturated rings. The molecule has 1 rings (SSSR count). The second-order valence-electron chi connectivity index (χ2n) is 2.69. The molecule has 0 saturated heterocycles. The maximum absolute atomic E-state index is 12.0. The number of halogens is 6. The molecule has 0 aliphatic carbocycles. The zero-order valence-electron chi connectivity index (χ0n) is 8.05. The maximum atomic E-state index is 12.0. The number of hydrogen-bond donors (Lipinski definition) is 2. The molecular formula is C8H6BF6O2. The predicted molar refractivity (Wildman–Crippen MR) is 46.6 cm³/mol. The van der Waals surface area contributed by atoms with E-state index in [-0.39, 0.29) is 13.8 Å². The summed E-state index contributed by atoms with van der Waals surface area (Å²) in [6, 6.07) is 2.00. The van der Waals surface area contributed by atoms with E-state index in [1.165, 1.54) is 0 Å². The van der Waals surface area contributed by atoms with Crippen LogP contribution in [0.4, 0.5) is 26.3 Å². The van der Waals surface area contributed by atoms with Gasteiger partial charge in [0.15, 0.2) is 0 Å². The molecule has 0 unspecified atom stereocenters. The summed E-state index contributed by atoms with van der Waals surface area (Å²) in [5.74, 6) is 0. The summed E-state index contributed by atoms with van der Waals surface area (Å²) in [6.45, 7) is 0. The van der Waals surface area contributed by atoms with E-state index < -0.39 is 23.5 Å². The SMILES string of the molecule is FC(F)(F)c1cccc(C(F)(F)F)c1.O[B]O. The van der Waals surface area contributed by atoms with E-state index in [4.69, 9.17) is 10.0 Å². The van der Waals surface area contributed by atoms with Crippen molar-refractivity contribution in [3.63, 3.8) is 0 Å². The van der Waals surface area contributed by atoms with Gasteiger partial charge < -0.3 is 10.0 Å². The molecule has 0 heterocycles.